The van der Waals surface area contributed by atoms with Crippen molar-refractivity contribution in [3.05, 3.63) is 36.2 Å². The highest BCUT2D eigenvalue weighted by atomic mass is 16.4. The minimum Gasteiger partial charge on any atom is -0.419 e. The van der Waals surface area contributed by atoms with E-state index in [1.807, 2.05) is 37.3 Å². The average molecular weight is 301 g/mol. The Morgan fingerprint density at radius 1 is 1.27 bits per heavy atom. The van der Waals surface area contributed by atoms with Crippen molar-refractivity contribution in [2.75, 3.05) is 6.54 Å². The Morgan fingerprint density at radius 2 is 2.05 bits per heavy atom. The van der Waals surface area contributed by atoms with E-state index in [0.717, 1.165) is 31.4 Å². The van der Waals surface area contributed by atoms with Gasteiger partial charge in [-0.05, 0) is 51.8 Å². The first kappa shape index (κ1) is 15.2. The lowest BCUT2D eigenvalue weighted by molar-refractivity contribution is 0.105. The number of aliphatic hydroxyl groups is 1. The van der Waals surface area contributed by atoms with Gasteiger partial charge in [-0.2, -0.15) is 0 Å². The zero-order chi connectivity index (χ0) is 15.5. The van der Waals surface area contributed by atoms with Gasteiger partial charge in [0.15, 0.2) is 0 Å². The zero-order valence-corrected chi connectivity index (χ0v) is 13.1. The van der Waals surface area contributed by atoms with Crippen LogP contribution in [0.5, 0.6) is 0 Å². The van der Waals surface area contributed by atoms with Crippen LogP contribution in [-0.2, 0) is 0 Å². The molecule has 1 aromatic carbocycles. The van der Waals surface area contributed by atoms with E-state index in [2.05, 4.69) is 22.0 Å². The maximum atomic E-state index is 9.66. The van der Waals surface area contributed by atoms with Gasteiger partial charge in [0.05, 0.1) is 12.1 Å². The Morgan fingerprint density at radius 3 is 2.77 bits per heavy atom. The SMILES string of the molecule is CC(O)CC1CCCN1C(C)c1nnc(-c2ccccc2)o1. The third kappa shape index (κ3) is 3.20. The number of hydrogen-bond acceptors (Lipinski definition) is 5. The van der Waals surface area contributed by atoms with E-state index in [1.165, 1.54) is 0 Å². The van der Waals surface area contributed by atoms with Gasteiger partial charge in [0.2, 0.25) is 11.8 Å². The van der Waals surface area contributed by atoms with E-state index in [1.54, 1.807) is 0 Å². The van der Waals surface area contributed by atoms with Gasteiger partial charge < -0.3 is 9.52 Å². The molecule has 1 aliphatic rings. The highest BCUT2D eigenvalue weighted by molar-refractivity contribution is 5.51. The zero-order valence-electron chi connectivity index (χ0n) is 13.1. The molecule has 2 heterocycles. The molecule has 22 heavy (non-hydrogen) atoms. The summed E-state index contributed by atoms with van der Waals surface area (Å²) in [7, 11) is 0. The van der Waals surface area contributed by atoms with Crippen molar-refractivity contribution >= 4 is 0 Å². The first-order valence-corrected chi connectivity index (χ1v) is 7.98. The van der Waals surface area contributed by atoms with E-state index in [4.69, 9.17) is 4.42 Å². The lowest BCUT2D eigenvalue weighted by Crippen LogP contribution is -2.34. The molecule has 118 valence electrons. The normalized spacial score (nSPS) is 21.9. The van der Waals surface area contributed by atoms with Gasteiger partial charge >= 0.3 is 0 Å². The highest BCUT2D eigenvalue weighted by Gasteiger charge is 2.32. The van der Waals surface area contributed by atoms with Crippen molar-refractivity contribution in [3.8, 4) is 11.5 Å². The standard InChI is InChI=1S/C17H23N3O2/c1-12(21)11-15-9-6-10-20(15)13(2)16-18-19-17(22-16)14-7-4-3-5-8-14/h3-5,7-8,12-13,15,21H,6,9-11H2,1-2H3. The second-order valence-electron chi connectivity index (χ2n) is 6.11. The first-order chi connectivity index (χ1) is 10.6. The van der Waals surface area contributed by atoms with Crippen LogP contribution in [0.4, 0.5) is 0 Å². The summed E-state index contributed by atoms with van der Waals surface area (Å²) in [5.74, 6) is 1.21. The lowest BCUT2D eigenvalue weighted by Gasteiger charge is -2.29. The molecule has 1 fully saturated rings. The van der Waals surface area contributed by atoms with Gasteiger partial charge in [0.25, 0.3) is 0 Å². The summed E-state index contributed by atoms with van der Waals surface area (Å²) in [6.45, 7) is 4.96. The summed E-state index contributed by atoms with van der Waals surface area (Å²) in [4.78, 5) is 2.37. The summed E-state index contributed by atoms with van der Waals surface area (Å²) in [6, 6.07) is 10.3. The number of nitrogens with zero attached hydrogens (tertiary/aromatic N) is 3. The molecule has 3 unspecified atom stereocenters. The summed E-state index contributed by atoms with van der Waals surface area (Å²) in [6.07, 6.45) is 2.79. The fraction of sp³-hybridized carbons (Fsp3) is 0.529. The second-order valence-corrected chi connectivity index (χ2v) is 6.11. The molecule has 0 spiro atoms. The molecule has 0 radical (unpaired) electrons. The number of aliphatic hydroxyl groups excluding tert-OH is 1. The third-order valence-electron chi connectivity index (χ3n) is 4.35. The largest absolute Gasteiger partial charge is 0.419 e. The van der Waals surface area contributed by atoms with Gasteiger partial charge in [-0.3, -0.25) is 4.90 Å². The maximum absolute atomic E-state index is 9.66. The van der Waals surface area contributed by atoms with Crippen molar-refractivity contribution < 1.29 is 9.52 Å². The highest BCUT2D eigenvalue weighted by Crippen LogP contribution is 2.31. The van der Waals surface area contributed by atoms with E-state index in [0.29, 0.717) is 17.8 Å². The van der Waals surface area contributed by atoms with Crippen molar-refractivity contribution in [2.24, 2.45) is 0 Å². The molecule has 1 N–H and O–H groups in total. The predicted octanol–water partition coefficient (Wildman–Crippen LogP) is 3.03. The number of hydrogen-bond donors (Lipinski definition) is 1. The molecule has 1 aromatic heterocycles. The number of aromatic nitrogens is 2. The lowest BCUT2D eigenvalue weighted by atomic mass is 10.1. The summed E-state index contributed by atoms with van der Waals surface area (Å²) in [5, 5.41) is 18.1. The summed E-state index contributed by atoms with van der Waals surface area (Å²) >= 11 is 0. The molecule has 1 saturated heterocycles. The Bertz CT molecular complexity index is 597. The number of likely N-dealkylation sites (tertiary alicyclic amines) is 1. The molecule has 3 atom stereocenters. The van der Waals surface area contributed by atoms with Crippen LogP contribution in [-0.4, -0.2) is 38.9 Å². The van der Waals surface area contributed by atoms with Crippen LogP contribution < -0.4 is 0 Å². The molecule has 5 nitrogen and oxygen atoms in total. The Hall–Kier alpha value is -1.72. The van der Waals surface area contributed by atoms with Gasteiger partial charge in [-0.15, -0.1) is 10.2 Å². The molecule has 0 aliphatic carbocycles. The van der Waals surface area contributed by atoms with Gasteiger partial charge in [0.1, 0.15) is 0 Å². The van der Waals surface area contributed by atoms with Crippen LogP contribution in [0.1, 0.15) is 45.0 Å². The Balaban J connectivity index is 1.75. The second kappa shape index (κ2) is 6.58. The minimum absolute atomic E-state index is 0.0798. The monoisotopic (exact) mass is 301 g/mol. The number of rotatable bonds is 5. The molecule has 0 bridgehead atoms. The van der Waals surface area contributed by atoms with Crippen LogP contribution in [0.25, 0.3) is 11.5 Å². The predicted molar refractivity (Wildman–Crippen MR) is 84.2 cm³/mol. The Labute approximate surface area is 131 Å². The van der Waals surface area contributed by atoms with Gasteiger partial charge in [-0.25, -0.2) is 0 Å². The minimum atomic E-state index is -0.277. The van der Waals surface area contributed by atoms with Crippen molar-refractivity contribution in [2.45, 2.75) is 51.3 Å². The summed E-state index contributed by atoms with van der Waals surface area (Å²) in [5.41, 5.74) is 0.940. The Kier molecular flexibility index (Phi) is 4.55. The molecule has 0 amide bonds. The quantitative estimate of drug-likeness (QED) is 0.919. The first-order valence-electron chi connectivity index (χ1n) is 7.98. The van der Waals surface area contributed by atoms with E-state index < -0.39 is 0 Å². The van der Waals surface area contributed by atoms with Crippen molar-refractivity contribution in [1.29, 1.82) is 0 Å². The van der Waals surface area contributed by atoms with Gasteiger partial charge in [0, 0.05) is 11.6 Å². The molecular formula is C17H23N3O2. The van der Waals surface area contributed by atoms with Crippen molar-refractivity contribution in [3.63, 3.8) is 0 Å². The fourth-order valence-electron chi connectivity index (χ4n) is 3.26. The smallest absolute Gasteiger partial charge is 0.247 e. The van der Waals surface area contributed by atoms with Gasteiger partial charge in [-0.1, -0.05) is 18.2 Å². The van der Waals surface area contributed by atoms with Crippen LogP contribution in [0.3, 0.4) is 0 Å². The molecular weight excluding hydrogens is 278 g/mol. The molecule has 3 rings (SSSR count). The van der Waals surface area contributed by atoms with Crippen LogP contribution >= 0.6 is 0 Å². The molecule has 2 aromatic rings. The van der Waals surface area contributed by atoms with Crippen molar-refractivity contribution in [1.82, 2.24) is 15.1 Å². The fourth-order valence-corrected chi connectivity index (χ4v) is 3.26. The number of benzene rings is 1. The topological polar surface area (TPSA) is 62.4 Å². The van der Waals surface area contributed by atoms with E-state index >= 15 is 0 Å². The van der Waals surface area contributed by atoms with Crippen LogP contribution in [0.15, 0.2) is 34.7 Å². The molecule has 1 aliphatic heterocycles. The molecule has 5 heteroatoms. The van der Waals surface area contributed by atoms with E-state index in [9.17, 15) is 5.11 Å². The van der Waals surface area contributed by atoms with Crippen LogP contribution in [0.2, 0.25) is 0 Å². The maximum Gasteiger partial charge on any atom is 0.247 e. The van der Waals surface area contributed by atoms with E-state index in [-0.39, 0.29) is 12.1 Å². The average Bonchev–Trinajstić information content (AvgIpc) is 3.16. The van der Waals surface area contributed by atoms with Crippen LogP contribution in [0, 0.1) is 0 Å². The third-order valence-corrected chi connectivity index (χ3v) is 4.35. The summed E-state index contributed by atoms with van der Waals surface area (Å²) < 4.78 is 5.87. The molecule has 0 saturated carbocycles.